The van der Waals surface area contributed by atoms with E-state index in [-0.39, 0.29) is 11.1 Å². The monoisotopic (exact) mass is 411 g/mol. The van der Waals surface area contributed by atoms with Gasteiger partial charge in [0.25, 0.3) is 14.2 Å². The maximum absolute atomic E-state index is 11.6. The van der Waals surface area contributed by atoms with Crippen LogP contribution in [0.4, 0.5) is 0 Å². The minimum absolute atomic E-state index is 0.194. The lowest BCUT2D eigenvalue weighted by atomic mass is 10.2. The summed E-state index contributed by atoms with van der Waals surface area (Å²) >= 11 is 9.37. The second-order valence-electron chi connectivity index (χ2n) is 4.91. The second kappa shape index (κ2) is 6.24. The Labute approximate surface area is 140 Å². The van der Waals surface area contributed by atoms with Gasteiger partial charge in [0.2, 0.25) is 0 Å². The van der Waals surface area contributed by atoms with E-state index in [1.54, 1.807) is 18.2 Å². The van der Waals surface area contributed by atoms with Crippen LogP contribution in [0.2, 0.25) is 5.02 Å². The standard InChI is InChI=1S/C12H12BrCl2N3O2S/c1-7(2)6-18-11(16-17-12(18)21(15,19)20)8-3-9(13)5-10(14)4-8/h3-5,7H,6H2,1-2H3. The van der Waals surface area contributed by atoms with Gasteiger partial charge in [-0.3, -0.25) is 4.57 Å². The number of nitrogens with zero attached hydrogens (tertiary/aromatic N) is 3. The Morgan fingerprint density at radius 3 is 2.48 bits per heavy atom. The summed E-state index contributed by atoms with van der Waals surface area (Å²) in [5, 5.41) is 7.92. The quantitative estimate of drug-likeness (QED) is 0.713. The predicted molar refractivity (Wildman–Crippen MR) is 86.0 cm³/mol. The Hall–Kier alpha value is -0.630. The van der Waals surface area contributed by atoms with E-state index >= 15 is 0 Å². The lowest BCUT2D eigenvalue weighted by Gasteiger charge is -2.11. The fourth-order valence-electron chi connectivity index (χ4n) is 1.90. The molecular weight excluding hydrogens is 401 g/mol. The number of benzene rings is 1. The average Bonchev–Trinajstić information content (AvgIpc) is 2.69. The van der Waals surface area contributed by atoms with Crippen molar-refractivity contribution in [3.05, 3.63) is 27.7 Å². The van der Waals surface area contributed by atoms with Gasteiger partial charge in [0, 0.05) is 32.3 Å². The fourth-order valence-corrected chi connectivity index (χ4v) is 3.66. The van der Waals surface area contributed by atoms with Crippen molar-refractivity contribution in [2.75, 3.05) is 0 Å². The van der Waals surface area contributed by atoms with Crippen LogP contribution in [-0.4, -0.2) is 23.2 Å². The molecule has 0 aliphatic rings. The Kier molecular flexibility index (Phi) is 4.97. The van der Waals surface area contributed by atoms with Crippen LogP contribution in [0.5, 0.6) is 0 Å². The minimum Gasteiger partial charge on any atom is -0.297 e. The van der Waals surface area contributed by atoms with Crippen LogP contribution in [-0.2, 0) is 15.6 Å². The molecule has 0 unspecified atom stereocenters. The van der Waals surface area contributed by atoms with Gasteiger partial charge in [-0.25, -0.2) is 8.42 Å². The molecule has 9 heteroatoms. The Balaban J connectivity index is 2.66. The third-order valence-corrected chi connectivity index (χ3v) is 4.43. The number of aromatic nitrogens is 3. The number of hydrogen-bond donors (Lipinski definition) is 0. The fraction of sp³-hybridized carbons (Fsp3) is 0.333. The summed E-state index contributed by atoms with van der Waals surface area (Å²) in [6.07, 6.45) is 0. The van der Waals surface area contributed by atoms with E-state index in [9.17, 15) is 8.42 Å². The summed E-state index contributed by atoms with van der Waals surface area (Å²) in [5.74, 6) is 0.602. The van der Waals surface area contributed by atoms with Gasteiger partial charge in [0.05, 0.1) is 0 Å². The van der Waals surface area contributed by atoms with E-state index in [2.05, 4.69) is 26.1 Å². The lowest BCUT2D eigenvalue weighted by Crippen LogP contribution is -2.11. The highest BCUT2D eigenvalue weighted by Crippen LogP contribution is 2.28. The van der Waals surface area contributed by atoms with Crippen molar-refractivity contribution < 1.29 is 8.42 Å². The van der Waals surface area contributed by atoms with Gasteiger partial charge in [-0.2, -0.15) is 0 Å². The van der Waals surface area contributed by atoms with Crippen LogP contribution in [0.3, 0.4) is 0 Å². The molecule has 0 saturated heterocycles. The molecule has 1 aromatic carbocycles. The zero-order valence-corrected chi connectivity index (χ0v) is 15.1. The minimum atomic E-state index is -3.97. The normalized spacial score (nSPS) is 12.1. The second-order valence-corrected chi connectivity index (χ2v) is 8.72. The highest BCUT2D eigenvalue weighted by molar-refractivity contribution is 9.10. The maximum Gasteiger partial charge on any atom is 0.296 e. The van der Waals surface area contributed by atoms with Gasteiger partial charge >= 0.3 is 0 Å². The van der Waals surface area contributed by atoms with Crippen LogP contribution in [0, 0.1) is 5.92 Å². The van der Waals surface area contributed by atoms with Crippen molar-refractivity contribution in [2.45, 2.75) is 25.5 Å². The molecule has 0 amide bonds. The van der Waals surface area contributed by atoms with Crippen molar-refractivity contribution in [3.63, 3.8) is 0 Å². The largest absolute Gasteiger partial charge is 0.297 e. The summed E-state index contributed by atoms with van der Waals surface area (Å²) in [6, 6.07) is 5.21. The van der Waals surface area contributed by atoms with Crippen LogP contribution in [0.25, 0.3) is 11.4 Å². The molecule has 2 rings (SSSR count). The molecule has 0 bridgehead atoms. The smallest absolute Gasteiger partial charge is 0.296 e. The average molecular weight is 413 g/mol. The van der Waals surface area contributed by atoms with Gasteiger partial charge in [0.1, 0.15) is 0 Å². The summed E-state index contributed by atoms with van der Waals surface area (Å²) in [4.78, 5) is 0. The van der Waals surface area contributed by atoms with Crippen LogP contribution in [0.15, 0.2) is 27.8 Å². The van der Waals surface area contributed by atoms with Crippen LogP contribution < -0.4 is 0 Å². The van der Waals surface area contributed by atoms with Crippen molar-refractivity contribution in [2.24, 2.45) is 5.92 Å². The summed E-state index contributed by atoms with van der Waals surface area (Å²) in [6.45, 7) is 4.35. The Bertz CT molecular complexity index is 755. The molecule has 0 radical (unpaired) electrons. The van der Waals surface area contributed by atoms with E-state index in [1.807, 2.05) is 13.8 Å². The first kappa shape index (κ1) is 16.7. The first-order valence-electron chi connectivity index (χ1n) is 6.03. The topological polar surface area (TPSA) is 64.8 Å². The predicted octanol–water partition coefficient (Wildman–Crippen LogP) is 3.94. The van der Waals surface area contributed by atoms with E-state index in [1.165, 1.54) is 4.57 Å². The zero-order valence-electron chi connectivity index (χ0n) is 11.2. The molecule has 0 aliphatic heterocycles. The zero-order chi connectivity index (χ0) is 15.8. The molecule has 0 N–H and O–H groups in total. The molecule has 5 nitrogen and oxygen atoms in total. The van der Waals surface area contributed by atoms with Gasteiger partial charge in [-0.05, 0) is 24.1 Å². The Morgan fingerprint density at radius 2 is 1.95 bits per heavy atom. The Morgan fingerprint density at radius 1 is 1.29 bits per heavy atom. The van der Waals surface area contributed by atoms with Crippen molar-refractivity contribution in [3.8, 4) is 11.4 Å². The number of rotatable bonds is 4. The molecule has 1 aromatic heterocycles. The molecule has 0 fully saturated rings. The molecule has 0 atom stereocenters. The van der Waals surface area contributed by atoms with Crippen LogP contribution >= 0.6 is 38.2 Å². The van der Waals surface area contributed by atoms with E-state index in [4.69, 9.17) is 22.3 Å². The molecular formula is C12H12BrCl2N3O2S. The van der Waals surface area contributed by atoms with Gasteiger partial charge in [-0.1, -0.05) is 41.4 Å². The maximum atomic E-state index is 11.6. The van der Waals surface area contributed by atoms with Gasteiger partial charge < -0.3 is 0 Å². The van der Waals surface area contributed by atoms with Gasteiger partial charge in [0.15, 0.2) is 5.82 Å². The summed E-state index contributed by atoms with van der Waals surface area (Å²) < 4.78 is 25.5. The third kappa shape index (κ3) is 3.97. The summed E-state index contributed by atoms with van der Waals surface area (Å²) in [5.41, 5.74) is 0.661. The molecule has 0 spiro atoms. The van der Waals surface area contributed by atoms with E-state index in [0.717, 1.165) is 4.47 Å². The molecule has 114 valence electrons. The van der Waals surface area contributed by atoms with Crippen LogP contribution in [0.1, 0.15) is 13.8 Å². The molecule has 0 saturated carbocycles. The highest BCUT2D eigenvalue weighted by Gasteiger charge is 2.24. The molecule has 2 aromatic rings. The van der Waals surface area contributed by atoms with Crippen molar-refractivity contribution in [1.29, 1.82) is 0 Å². The SMILES string of the molecule is CC(C)Cn1c(-c2cc(Cl)cc(Br)c2)nnc1S(=O)(=O)Cl. The summed E-state index contributed by atoms with van der Waals surface area (Å²) in [7, 11) is 1.45. The highest BCUT2D eigenvalue weighted by atomic mass is 79.9. The van der Waals surface area contributed by atoms with Crippen molar-refractivity contribution >= 4 is 47.3 Å². The third-order valence-electron chi connectivity index (χ3n) is 2.60. The molecule has 0 aliphatic carbocycles. The lowest BCUT2D eigenvalue weighted by molar-refractivity contribution is 0.488. The van der Waals surface area contributed by atoms with Crippen molar-refractivity contribution in [1.82, 2.24) is 14.8 Å². The van der Waals surface area contributed by atoms with E-state index in [0.29, 0.717) is 23.0 Å². The molecule has 1 heterocycles. The first-order chi connectivity index (χ1) is 9.68. The van der Waals surface area contributed by atoms with E-state index < -0.39 is 9.05 Å². The van der Waals surface area contributed by atoms with Gasteiger partial charge in [-0.15, -0.1) is 10.2 Å². The first-order valence-corrected chi connectivity index (χ1v) is 9.51. The number of hydrogen-bond acceptors (Lipinski definition) is 4. The molecule has 21 heavy (non-hydrogen) atoms. The number of halogens is 3.